The number of hydrogen-bond donors (Lipinski definition) is 1. The lowest BCUT2D eigenvalue weighted by Crippen LogP contribution is -2.27. The third-order valence-electron chi connectivity index (χ3n) is 2.82. The van der Waals surface area contributed by atoms with Crippen LogP contribution in [0.1, 0.15) is 18.4 Å². The van der Waals surface area contributed by atoms with Crippen LogP contribution < -0.4 is 10.5 Å². The zero-order chi connectivity index (χ0) is 13.6. The summed E-state index contributed by atoms with van der Waals surface area (Å²) in [6.07, 6.45) is 0.705. The predicted octanol–water partition coefficient (Wildman–Crippen LogP) is 2.38. The molecular formula is C13H19F2NO2. The number of rotatable bonds is 7. The van der Waals surface area contributed by atoms with Crippen molar-refractivity contribution in [2.45, 2.75) is 18.5 Å². The molecule has 0 spiro atoms. The summed E-state index contributed by atoms with van der Waals surface area (Å²) in [4.78, 5) is 0. The zero-order valence-electron chi connectivity index (χ0n) is 10.7. The molecule has 0 aromatic heterocycles. The Morgan fingerprint density at radius 1 is 1.33 bits per heavy atom. The molecule has 0 aliphatic heterocycles. The smallest absolute Gasteiger partial charge is 0.165 e. The molecule has 0 saturated heterocycles. The van der Waals surface area contributed by atoms with E-state index in [0.717, 1.165) is 6.07 Å². The minimum atomic E-state index is -1.72. The van der Waals surface area contributed by atoms with Gasteiger partial charge in [0.25, 0.3) is 0 Å². The molecule has 0 bridgehead atoms. The first-order valence-corrected chi connectivity index (χ1v) is 5.79. The molecule has 2 N–H and O–H groups in total. The predicted molar refractivity (Wildman–Crippen MR) is 65.9 cm³/mol. The maximum Gasteiger partial charge on any atom is 0.165 e. The Hall–Kier alpha value is -1.20. The second kappa shape index (κ2) is 6.66. The van der Waals surface area contributed by atoms with Crippen LogP contribution in [0.15, 0.2) is 18.2 Å². The van der Waals surface area contributed by atoms with Gasteiger partial charge in [-0.15, -0.1) is 0 Å². The first kappa shape index (κ1) is 14.9. The van der Waals surface area contributed by atoms with E-state index in [-0.39, 0.29) is 24.3 Å². The van der Waals surface area contributed by atoms with Crippen LogP contribution in [0.4, 0.5) is 8.78 Å². The number of alkyl halides is 1. The highest BCUT2D eigenvalue weighted by molar-refractivity contribution is 5.32. The number of ether oxygens (including phenoxy) is 2. The average molecular weight is 259 g/mol. The van der Waals surface area contributed by atoms with Crippen molar-refractivity contribution in [3.63, 3.8) is 0 Å². The molecule has 0 heterocycles. The first-order valence-electron chi connectivity index (χ1n) is 5.79. The van der Waals surface area contributed by atoms with Gasteiger partial charge in [0.05, 0.1) is 13.7 Å². The van der Waals surface area contributed by atoms with Gasteiger partial charge in [0.1, 0.15) is 0 Å². The highest BCUT2D eigenvalue weighted by atomic mass is 19.1. The van der Waals surface area contributed by atoms with Gasteiger partial charge < -0.3 is 15.2 Å². The summed E-state index contributed by atoms with van der Waals surface area (Å²) < 4.78 is 38.0. The van der Waals surface area contributed by atoms with Crippen molar-refractivity contribution < 1.29 is 18.3 Å². The number of benzene rings is 1. The van der Waals surface area contributed by atoms with Crippen molar-refractivity contribution in [3.8, 4) is 5.75 Å². The van der Waals surface area contributed by atoms with Crippen LogP contribution in [0.3, 0.4) is 0 Å². The van der Waals surface area contributed by atoms with Crippen molar-refractivity contribution in [1.82, 2.24) is 0 Å². The maximum atomic E-state index is 14.7. The topological polar surface area (TPSA) is 44.5 Å². The van der Waals surface area contributed by atoms with E-state index in [2.05, 4.69) is 0 Å². The molecule has 0 saturated carbocycles. The summed E-state index contributed by atoms with van der Waals surface area (Å²) >= 11 is 0. The van der Waals surface area contributed by atoms with Crippen LogP contribution in [0.5, 0.6) is 5.75 Å². The molecule has 0 fully saturated rings. The quantitative estimate of drug-likeness (QED) is 0.817. The molecule has 0 amide bonds. The molecule has 1 unspecified atom stereocenters. The minimum Gasteiger partial charge on any atom is -0.494 e. The largest absolute Gasteiger partial charge is 0.494 e. The second-order valence-electron chi connectivity index (χ2n) is 4.14. The van der Waals surface area contributed by atoms with Gasteiger partial charge in [-0.2, -0.15) is 0 Å². The fourth-order valence-corrected chi connectivity index (χ4v) is 1.86. The van der Waals surface area contributed by atoms with E-state index < -0.39 is 11.5 Å². The molecule has 0 aliphatic carbocycles. The molecule has 102 valence electrons. The summed E-state index contributed by atoms with van der Waals surface area (Å²) in [6, 6.07) is 4.07. The number of methoxy groups -OCH3 is 2. The van der Waals surface area contributed by atoms with Crippen molar-refractivity contribution in [1.29, 1.82) is 0 Å². The number of halogens is 2. The van der Waals surface area contributed by atoms with E-state index in [1.54, 1.807) is 0 Å². The minimum absolute atomic E-state index is 0.0948. The molecule has 5 heteroatoms. The van der Waals surface area contributed by atoms with Gasteiger partial charge in [0, 0.05) is 7.11 Å². The summed E-state index contributed by atoms with van der Waals surface area (Å²) in [6.45, 7) is 0.257. The summed E-state index contributed by atoms with van der Waals surface area (Å²) in [5.41, 5.74) is 3.91. The van der Waals surface area contributed by atoms with Gasteiger partial charge in [-0.25, -0.2) is 8.78 Å². The van der Waals surface area contributed by atoms with Gasteiger partial charge in [-0.05, 0) is 37.1 Å². The Morgan fingerprint density at radius 3 is 2.56 bits per heavy atom. The zero-order valence-corrected chi connectivity index (χ0v) is 10.7. The van der Waals surface area contributed by atoms with Crippen LogP contribution >= 0.6 is 0 Å². The molecule has 1 aromatic rings. The summed E-state index contributed by atoms with van der Waals surface area (Å²) in [5.74, 6) is -0.488. The molecule has 18 heavy (non-hydrogen) atoms. The van der Waals surface area contributed by atoms with Gasteiger partial charge in [0.2, 0.25) is 0 Å². The fourth-order valence-electron chi connectivity index (χ4n) is 1.86. The molecule has 1 aromatic carbocycles. The number of nitrogens with two attached hydrogens (primary N) is 1. The van der Waals surface area contributed by atoms with Gasteiger partial charge >= 0.3 is 0 Å². The van der Waals surface area contributed by atoms with Crippen molar-refractivity contribution >= 4 is 0 Å². The lowest BCUT2D eigenvalue weighted by Gasteiger charge is -2.25. The van der Waals surface area contributed by atoms with Crippen LogP contribution in [-0.2, 0) is 10.4 Å². The highest BCUT2D eigenvalue weighted by Gasteiger charge is 2.32. The van der Waals surface area contributed by atoms with Gasteiger partial charge in [0.15, 0.2) is 17.2 Å². The Kier molecular flexibility index (Phi) is 5.50. The van der Waals surface area contributed by atoms with Gasteiger partial charge in [-0.3, -0.25) is 0 Å². The van der Waals surface area contributed by atoms with E-state index in [0.29, 0.717) is 13.0 Å². The standard InChI is InChI=1S/C13H19F2NO2/c1-17-9-13(15,6-3-7-16)10-4-5-12(18-2)11(14)8-10/h4-5,8H,3,6-7,9,16H2,1-2H3. The third kappa shape index (κ3) is 3.40. The molecule has 0 aliphatic rings. The first-order chi connectivity index (χ1) is 8.57. The lowest BCUT2D eigenvalue weighted by molar-refractivity contribution is 0.0301. The molecular weight excluding hydrogens is 240 g/mol. The monoisotopic (exact) mass is 259 g/mol. The highest BCUT2D eigenvalue weighted by Crippen LogP contribution is 2.33. The molecule has 1 rings (SSSR count). The lowest BCUT2D eigenvalue weighted by atomic mass is 9.91. The molecule has 0 radical (unpaired) electrons. The maximum absolute atomic E-state index is 14.7. The fraction of sp³-hybridized carbons (Fsp3) is 0.538. The van der Waals surface area contributed by atoms with Crippen LogP contribution in [0.2, 0.25) is 0 Å². The van der Waals surface area contributed by atoms with Gasteiger partial charge in [-0.1, -0.05) is 6.07 Å². The Bertz CT molecular complexity index is 387. The Labute approximate surface area is 106 Å². The van der Waals surface area contributed by atoms with E-state index in [4.69, 9.17) is 15.2 Å². The SMILES string of the molecule is COCC(F)(CCCN)c1ccc(OC)c(F)c1. The van der Waals surface area contributed by atoms with Crippen LogP contribution in [0.25, 0.3) is 0 Å². The van der Waals surface area contributed by atoms with E-state index in [1.807, 2.05) is 0 Å². The second-order valence-corrected chi connectivity index (χ2v) is 4.14. The van der Waals surface area contributed by atoms with Crippen molar-refractivity contribution in [2.24, 2.45) is 5.73 Å². The average Bonchev–Trinajstić information content (AvgIpc) is 2.36. The Balaban J connectivity index is 3.01. The summed E-state index contributed by atoms with van der Waals surface area (Å²) in [7, 11) is 2.78. The third-order valence-corrected chi connectivity index (χ3v) is 2.82. The van der Waals surface area contributed by atoms with Crippen LogP contribution in [0, 0.1) is 5.82 Å². The summed E-state index contributed by atoms with van der Waals surface area (Å²) in [5, 5.41) is 0. The normalized spacial score (nSPS) is 14.3. The Morgan fingerprint density at radius 2 is 2.06 bits per heavy atom. The number of hydrogen-bond acceptors (Lipinski definition) is 3. The molecule has 3 nitrogen and oxygen atoms in total. The molecule has 1 atom stereocenters. The van der Waals surface area contributed by atoms with E-state index in [1.165, 1.54) is 26.4 Å². The van der Waals surface area contributed by atoms with Crippen molar-refractivity contribution in [3.05, 3.63) is 29.6 Å². The van der Waals surface area contributed by atoms with E-state index >= 15 is 0 Å². The van der Waals surface area contributed by atoms with Crippen LogP contribution in [-0.4, -0.2) is 27.4 Å². The van der Waals surface area contributed by atoms with Crippen molar-refractivity contribution in [2.75, 3.05) is 27.4 Å². The van der Waals surface area contributed by atoms with E-state index in [9.17, 15) is 8.78 Å².